The Morgan fingerprint density at radius 2 is 1.88 bits per heavy atom. The van der Waals surface area contributed by atoms with Crippen LogP contribution in [0.1, 0.15) is 23.9 Å². The molecule has 0 aliphatic rings. The van der Waals surface area contributed by atoms with E-state index in [-0.39, 0.29) is 5.75 Å². The van der Waals surface area contributed by atoms with Crippen LogP contribution in [-0.2, 0) is 12.6 Å². The zero-order valence-electron chi connectivity index (χ0n) is 12.5. The Balaban J connectivity index is 1.98. The molecular formula is C17H11F3N2O2. The third-order valence-corrected chi connectivity index (χ3v) is 3.38. The van der Waals surface area contributed by atoms with Gasteiger partial charge in [-0.3, -0.25) is 0 Å². The van der Waals surface area contributed by atoms with E-state index in [1.54, 1.807) is 6.07 Å². The van der Waals surface area contributed by atoms with Gasteiger partial charge in [0.25, 0.3) is 0 Å². The lowest BCUT2D eigenvalue weighted by Crippen LogP contribution is -2.04. The predicted molar refractivity (Wildman–Crippen MR) is 79.6 cm³/mol. The number of fused-ring (bicyclic) bond motifs is 1. The van der Waals surface area contributed by atoms with E-state index < -0.39 is 11.7 Å². The van der Waals surface area contributed by atoms with E-state index in [0.717, 1.165) is 12.1 Å². The molecule has 3 aromatic rings. The molecule has 0 atom stereocenters. The molecule has 0 N–H and O–H groups in total. The minimum absolute atomic E-state index is 0.232. The van der Waals surface area contributed by atoms with Crippen LogP contribution < -0.4 is 4.74 Å². The highest BCUT2D eigenvalue weighted by Gasteiger charge is 2.30. The summed E-state index contributed by atoms with van der Waals surface area (Å²) in [6.45, 7) is 1.85. The fourth-order valence-corrected chi connectivity index (χ4v) is 2.19. The zero-order chi connectivity index (χ0) is 17.3. The van der Waals surface area contributed by atoms with E-state index in [1.807, 2.05) is 13.0 Å². The first-order valence-electron chi connectivity index (χ1n) is 7.10. The van der Waals surface area contributed by atoms with Gasteiger partial charge in [-0.15, -0.1) is 0 Å². The van der Waals surface area contributed by atoms with Gasteiger partial charge in [-0.1, -0.05) is 6.92 Å². The quantitative estimate of drug-likeness (QED) is 0.671. The number of rotatable bonds is 3. The van der Waals surface area contributed by atoms with Crippen molar-refractivity contribution in [2.75, 3.05) is 0 Å². The lowest BCUT2D eigenvalue weighted by Gasteiger charge is -2.09. The van der Waals surface area contributed by atoms with Crippen molar-refractivity contribution >= 4 is 11.1 Å². The van der Waals surface area contributed by atoms with Gasteiger partial charge in [-0.05, 0) is 36.4 Å². The van der Waals surface area contributed by atoms with Gasteiger partial charge in [0.15, 0.2) is 22.7 Å². The van der Waals surface area contributed by atoms with Gasteiger partial charge in [0.05, 0.1) is 11.1 Å². The highest BCUT2D eigenvalue weighted by atomic mass is 19.4. The van der Waals surface area contributed by atoms with Gasteiger partial charge in [0.2, 0.25) is 0 Å². The second-order valence-corrected chi connectivity index (χ2v) is 4.99. The summed E-state index contributed by atoms with van der Waals surface area (Å²) in [6.07, 6.45) is -3.86. The fraction of sp³-hybridized carbons (Fsp3) is 0.176. The van der Waals surface area contributed by atoms with Crippen molar-refractivity contribution in [3.8, 4) is 17.6 Å². The molecular weight excluding hydrogens is 321 g/mol. The minimum Gasteiger partial charge on any atom is -0.455 e. The van der Waals surface area contributed by atoms with E-state index >= 15 is 0 Å². The number of oxazole rings is 1. The van der Waals surface area contributed by atoms with Crippen molar-refractivity contribution in [3.63, 3.8) is 0 Å². The van der Waals surface area contributed by atoms with Crippen LogP contribution in [-0.4, -0.2) is 4.98 Å². The molecule has 0 bridgehead atoms. The Morgan fingerprint density at radius 1 is 1.17 bits per heavy atom. The SMILES string of the molecule is CCc1nc2c(Oc3ccc(C(F)(F)F)cc3)ccc(C#N)c2o1. The van der Waals surface area contributed by atoms with E-state index in [0.29, 0.717) is 34.7 Å². The number of hydrogen-bond donors (Lipinski definition) is 0. The van der Waals surface area contributed by atoms with E-state index in [9.17, 15) is 13.2 Å². The topological polar surface area (TPSA) is 59.0 Å². The average Bonchev–Trinajstić information content (AvgIpc) is 2.99. The Labute approximate surface area is 135 Å². The highest BCUT2D eigenvalue weighted by molar-refractivity contribution is 5.85. The average molecular weight is 332 g/mol. The monoisotopic (exact) mass is 332 g/mol. The van der Waals surface area contributed by atoms with Crippen molar-refractivity contribution < 1.29 is 22.3 Å². The lowest BCUT2D eigenvalue weighted by atomic mass is 10.2. The second kappa shape index (κ2) is 5.89. The highest BCUT2D eigenvalue weighted by Crippen LogP contribution is 2.34. The molecule has 0 aliphatic heterocycles. The van der Waals surface area contributed by atoms with Crippen molar-refractivity contribution in [1.29, 1.82) is 5.26 Å². The van der Waals surface area contributed by atoms with Gasteiger partial charge >= 0.3 is 6.18 Å². The number of hydrogen-bond acceptors (Lipinski definition) is 4. The third-order valence-electron chi connectivity index (χ3n) is 3.38. The van der Waals surface area contributed by atoms with Crippen LogP contribution in [0.5, 0.6) is 11.5 Å². The maximum Gasteiger partial charge on any atom is 0.416 e. The molecule has 2 aromatic carbocycles. The second-order valence-electron chi connectivity index (χ2n) is 4.99. The van der Waals surface area contributed by atoms with Crippen LogP contribution in [0.3, 0.4) is 0 Å². The summed E-state index contributed by atoms with van der Waals surface area (Å²) in [5, 5.41) is 9.12. The molecule has 0 saturated heterocycles. The summed E-state index contributed by atoms with van der Waals surface area (Å²) in [5.74, 6) is 0.993. The van der Waals surface area contributed by atoms with Crippen LogP contribution in [0.4, 0.5) is 13.2 Å². The number of nitrogens with zero attached hydrogens (tertiary/aromatic N) is 2. The molecule has 7 heteroatoms. The van der Waals surface area contributed by atoms with E-state index in [2.05, 4.69) is 4.98 Å². The van der Waals surface area contributed by atoms with Crippen molar-refractivity contribution in [2.45, 2.75) is 19.5 Å². The number of nitriles is 1. The zero-order valence-corrected chi connectivity index (χ0v) is 12.5. The Morgan fingerprint density at radius 3 is 2.46 bits per heavy atom. The molecule has 24 heavy (non-hydrogen) atoms. The van der Waals surface area contributed by atoms with Gasteiger partial charge < -0.3 is 9.15 Å². The standard InChI is InChI=1S/C17H11F3N2O2/c1-2-14-22-15-13(8-3-10(9-21)16(15)24-14)23-12-6-4-11(5-7-12)17(18,19)20/h3-8H,2H2,1H3. The Bertz CT molecular complexity index is 922. The summed E-state index contributed by atoms with van der Waals surface area (Å²) >= 11 is 0. The summed E-state index contributed by atoms with van der Waals surface area (Å²) in [6, 6.07) is 9.41. The molecule has 4 nitrogen and oxygen atoms in total. The van der Waals surface area contributed by atoms with Gasteiger partial charge in [0.1, 0.15) is 11.8 Å². The normalized spacial score (nSPS) is 11.5. The largest absolute Gasteiger partial charge is 0.455 e. The molecule has 0 unspecified atom stereocenters. The molecule has 3 rings (SSSR count). The minimum atomic E-state index is -4.40. The number of aromatic nitrogens is 1. The summed E-state index contributed by atoms with van der Waals surface area (Å²) in [5.41, 5.74) is 0.232. The van der Waals surface area contributed by atoms with Crippen molar-refractivity contribution in [3.05, 3.63) is 53.4 Å². The van der Waals surface area contributed by atoms with Crippen LogP contribution in [0.2, 0.25) is 0 Å². The van der Waals surface area contributed by atoms with Gasteiger partial charge in [0, 0.05) is 6.42 Å². The summed E-state index contributed by atoms with van der Waals surface area (Å²) in [4.78, 5) is 4.27. The molecule has 0 spiro atoms. The molecule has 0 radical (unpaired) electrons. The number of aryl methyl sites for hydroxylation is 1. The maximum absolute atomic E-state index is 12.6. The van der Waals surface area contributed by atoms with Crippen LogP contribution in [0.25, 0.3) is 11.1 Å². The van der Waals surface area contributed by atoms with Crippen LogP contribution >= 0.6 is 0 Å². The Hall–Kier alpha value is -3.01. The maximum atomic E-state index is 12.6. The molecule has 1 heterocycles. The van der Waals surface area contributed by atoms with E-state index in [4.69, 9.17) is 14.4 Å². The lowest BCUT2D eigenvalue weighted by molar-refractivity contribution is -0.137. The molecule has 122 valence electrons. The number of halogens is 3. The molecule has 0 saturated carbocycles. The van der Waals surface area contributed by atoms with E-state index in [1.165, 1.54) is 18.2 Å². The number of ether oxygens (including phenoxy) is 1. The molecule has 1 aromatic heterocycles. The van der Waals surface area contributed by atoms with Crippen molar-refractivity contribution in [2.24, 2.45) is 0 Å². The molecule has 0 amide bonds. The number of alkyl halides is 3. The van der Waals surface area contributed by atoms with Gasteiger partial charge in [-0.2, -0.15) is 18.4 Å². The summed E-state index contributed by atoms with van der Waals surface area (Å²) in [7, 11) is 0. The summed E-state index contributed by atoms with van der Waals surface area (Å²) < 4.78 is 48.9. The third kappa shape index (κ3) is 2.91. The molecule has 0 aliphatic carbocycles. The number of benzene rings is 2. The Kier molecular flexibility index (Phi) is 3.89. The van der Waals surface area contributed by atoms with Crippen LogP contribution in [0.15, 0.2) is 40.8 Å². The van der Waals surface area contributed by atoms with Gasteiger partial charge in [-0.25, -0.2) is 4.98 Å². The van der Waals surface area contributed by atoms with Crippen LogP contribution in [0, 0.1) is 11.3 Å². The smallest absolute Gasteiger partial charge is 0.416 e. The predicted octanol–water partition coefficient (Wildman–Crippen LogP) is 5.07. The molecule has 0 fully saturated rings. The first-order valence-corrected chi connectivity index (χ1v) is 7.10. The first-order chi connectivity index (χ1) is 11.4. The fourth-order valence-electron chi connectivity index (χ4n) is 2.19. The van der Waals surface area contributed by atoms with Crippen molar-refractivity contribution in [1.82, 2.24) is 4.98 Å². The first kappa shape index (κ1) is 15.9.